The second kappa shape index (κ2) is 4.69. The fourth-order valence-electron chi connectivity index (χ4n) is 1.22. The van der Waals surface area contributed by atoms with E-state index in [9.17, 15) is 9.59 Å². The molecule has 0 aromatic carbocycles. The quantitative estimate of drug-likeness (QED) is 0.688. The molecule has 1 rings (SSSR count). The molecule has 0 radical (unpaired) electrons. The van der Waals surface area contributed by atoms with Gasteiger partial charge in [0.25, 0.3) is 0 Å². The molecule has 6 heteroatoms. The second-order valence-corrected chi connectivity index (χ2v) is 5.61. The Morgan fingerprint density at radius 2 is 2.29 bits per heavy atom. The van der Waals surface area contributed by atoms with E-state index in [1.165, 1.54) is 7.11 Å². The summed E-state index contributed by atoms with van der Waals surface area (Å²) in [5, 5.41) is 0. The van der Waals surface area contributed by atoms with Crippen molar-refractivity contribution in [3.63, 3.8) is 0 Å². The van der Waals surface area contributed by atoms with Gasteiger partial charge in [0.15, 0.2) is 0 Å². The Morgan fingerprint density at radius 3 is 2.79 bits per heavy atom. The fraction of sp³-hybridized carbons (Fsp3) is 0.625. The minimum atomic E-state index is -3.36. The topological polar surface area (TPSA) is 67.5 Å². The van der Waals surface area contributed by atoms with Crippen molar-refractivity contribution >= 4 is 8.80 Å². The fourth-order valence-corrected chi connectivity index (χ4v) is 2.04. The number of aromatic nitrogens is 2. The Hall–Kier alpha value is -0.693. The molecule has 5 nitrogen and oxygen atoms in total. The van der Waals surface area contributed by atoms with E-state index in [0.29, 0.717) is 12.5 Å². The monoisotopic (exact) mass is 216 g/mol. The first-order valence-electron chi connectivity index (χ1n) is 4.53. The van der Waals surface area contributed by atoms with E-state index < -0.39 is 8.80 Å². The van der Waals surface area contributed by atoms with Crippen molar-refractivity contribution in [2.24, 2.45) is 0 Å². The Balaban J connectivity index is 2.32. The summed E-state index contributed by atoms with van der Waals surface area (Å²) in [4.78, 5) is 22.6. The van der Waals surface area contributed by atoms with Gasteiger partial charge in [0.2, 0.25) is 0 Å². The summed E-state index contributed by atoms with van der Waals surface area (Å²) in [5.74, 6) is 0.936. The Morgan fingerprint density at radius 1 is 1.57 bits per heavy atom. The molecule has 14 heavy (non-hydrogen) atoms. The van der Waals surface area contributed by atoms with Crippen LogP contribution in [0.15, 0.2) is 12.4 Å². The molecule has 0 unspecified atom stereocenters. The highest BCUT2D eigenvalue weighted by Gasteiger charge is 2.29. The van der Waals surface area contributed by atoms with Crippen LogP contribution in [0.25, 0.3) is 0 Å². The first kappa shape index (κ1) is 11.4. The molecule has 0 bridgehead atoms. The van der Waals surface area contributed by atoms with Gasteiger partial charge in [-0.15, -0.1) is 0 Å². The van der Waals surface area contributed by atoms with Gasteiger partial charge in [-0.2, -0.15) is 0 Å². The molecule has 0 fully saturated rings. The highest BCUT2D eigenvalue weighted by Crippen LogP contribution is 2.08. The van der Waals surface area contributed by atoms with E-state index in [-0.39, 0.29) is 0 Å². The lowest BCUT2D eigenvalue weighted by molar-refractivity contribution is 0.183. The van der Waals surface area contributed by atoms with Crippen molar-refractivity contribution in [1.82, 2.24) is 9.55 Å². The van der Waals surface area contributed by atoms with Crippen molar-refractivity contribution in [3.05, 3.63) is 18.2 Å². The molecule has 0 amide bonds. The lowest BCUT2D eigenvalue weighted by atomic mass is 10.4. The van der Waals surface area contributed by atoms with E-state index in [2.05, 4.69) is 9.41 Å². The zero-order valence-corrected chi connectivity index (χ0v) is 9.47. The summed E-state index contributed by atoms with van der Waals surface area (Å²) in [7, 11) is -2.03. The molecular formula is C8H16N2O3Si. The Kier molecular flexibility index (Phi) is 3.82. The lowest BCUT2D eigenvalue weighted by Gasteiger charge is -2.14. The molecule has 1 heterocycles. The van der Waals surface area contributed by atoms with Crippen LogP contribution in [0.2, 0.25) is 6.04 Å². The predicted octanol–water partition coefficient (Wildman–Crippen LogP) is 0.152. The summed E-state index contributed by atoms with van der Waals surface area (Å²) in [6.07, 6.45) is 4.29. The van der Waals surface area contributed by atoms with Crippen molar-refractivity contribution < 1.29 is 14.0 Å². The van der Waals surface area contributed by atoms with Crippen molar-refractivity contribution in [2.45, 2.75) is 25.9 Å². The standard InChI is InChI=1S/C8H16N2O3Si/c1-8-9-4-6-10(8)5-3-7-14(11,12)13-2/h4,6,11-12H,3,5,7H2,1-2H3. The van der Waals surface area contributed by atoms with Crippen LogP contribution in [0.5, 0.6) is 0 Å². The third-order valence-electron chi connectivity index (χ3n) is 2.15. The summed E-state index contributed by atoms with van der Waals surface area (Å²) >= 11 is 0. The average Bonchev–Trinajstić information content (AvgIpc) is 2.52. The number of hydrogen-bond acceptors (Lipinski definition) is 4. The Bertz CT molecular complexity index is 288. The molecule has 0 saturated heterocycles. The highest BCUT2D eigenvalue weighted by atomic mass is 28.4. The summed E-state index contributed by atoms with van der Waals surface area (Å²) in [6.45, 7) is 2.66. The maximum Gasteiger partial charge on any atom is 0.495 e. The molecule has 0 atom stereocenters. The summed E-state index contributed by atoms with van der Waals surface area (Å²) in [6, 6.07) is 0.321. The van der Waals surface area contributed by atoms with Crippen LogP contribution < -0.4 is 0 Å². The van der Waals surface area contributed by atoms with Crippen LogP contribution in [0.1, 0.15) is 12.2 Å². The number of hydrogen-bond donors (Lipinski definition) is 2. The van der Waals surface area contributed by atoms with Crippen LogP contribution in [0.3, 0.4) is 0 Å². The van der Waals surface area contributed by atoms with Gasteiger partial charge >= 0.3 is 8.80 Å². The van der Waals surface area contributed by atoms with Crippen LogP contribution in [0.4, 0.5) is 0 Å². The van der Waals surface area contributed by atoms with Gasteiger partial charge in [-0.3, -0.25) is 0 Å². The van der Waals surface area contributed by atoms with Gasteiger partial charge in [0.1, 0.15) is 5.82 Å². The SMILES string of the molecule is CO[Si](O)(O)CCCn1ccnc1C. The maximum atomic E-state index is 9.27. The first-order chi connectivity index (χ1) is 6.55. The van der Waals surface area contributed by atoms with Crippen LogP contribution in [-0.2, 0) is 11.0 Å². The lowest BCUT2D eigenvalue weighted by Crippen LogP contribution is -2.37. The molecule has 0 saturated carbocycles. The summed E-state index contributed by atoms with van der Waals surface area (Å²) < 4.78 is 6.58. The molecular weight excluding hydrogens is 200 g/mol. The highest BCUT2D eigenvalue weighted by molar-refractivity contribution is 6.57. The van der Waals surface area contributed by atoms with Crippen molar-refractivity contribution in [1.29, 1.82) is 0 Å². The molecule has 80 valence electrons. The van der Waals surface area contributed by atoms with Gasteiger partial charge < -0.3 is 18.6 Å². The molecule has 2 N–H and O–H groups in total. The number of rotatable bonds is 5. The van der Waals surface area contributed by atoms with Crippen LogP contribution >= 0.6 is 0 Å². The van der Waals surface area contributed by atoms with Gasteiger partial charge in [-0.05, 0) is 13.3 Å². The normalized spacial score (nSPS) is 12.0. The maximum absolute atomic E-state index is 9.27. The molecule has 1 aromatic rings. The van der Waals surface area contributed by atoms with E-state index >= 15 is 0 Å². The third-order valence-corrected chi connectivity index (χ3v) is 3.81. The van der Waals surface area contributed by atoms with E-state index in [1.54, 1.807) is 6.20 Å². The van der Waals surface area contributed by atoms with Gasteiger partial charge in [0.05, 0.1) is 0 Å². The van der Waals surface area contributed by atoms with E-state index in [4.69, 9.17) is 0 Å². The molecule has 0 spiro atoms. The molecule has 0 aliphatic heterocycles. The first-order valence-corrected chi connectivity index (χ1v) is 6.54. The van der Waals surface area contributed by atoms with E-state index in [1.807, 2.05) is 17.7 Å². The van der Waals surface area contributed by atoms with Crippen LogP contribution in [0, 0.1) is 6.92 Å². The minimum absolute atomic E-state index is 0.321. The van der Waals surface area contributed by atoms with Crippen molar-refractivity contribution in [3.8, 4) is 0 Å². The largest absolute Gasteiger partial charge is 0.495 e. The third kappa shape index (κ3) is 3.22. The van der Waals surface area contributed by atoms with Crippen molar-refractivity contribution in [2.75, 3.05) is 7.11 Å². The number of aryl methyl sites for hydroxylation is 2. The smallest absolute Gasteiger partial charge is 0.390 e. The number of nitrogens with zero attached hydrogens (tertiary/aromatic N) is 2. The van der Waals surface area contributed by atoms with Gasteiger partial charge in [-0.1, -0.05) is 0 Å². The second-order valence-electron chi connectivity index (χ2n) is 3.22. The van der Waals surface area contributed by atoms with E-state index in [0.717, 1.165) is 12.4 Å². The van der Waals surface area contributed by atoms with Crippen LogP contribution in [-0.4, -0.2) is 35.1 Å². The average molecular weight is 216 g/mol. The van der Waals surface area contributed by atoms with Gasteiger partial charge in [-0.25, -0.2) is 4.98 Å². The number of imidazole rings is 1. The molecule has 0 aliphatic rings. The molecule has 1 aromatic heterocycles. The predicted molar refractivity (Wildman–Crippen MR) is 53.6 cm³/mol. The summed E-state index contributed by atoms with van der Waals surface area (Å²) in [5.41, 5.74) is 0. The zero-order chi connectivity index (χ0) is 10.6. The minimum Gasteiger partial charge on any atom is -0.390 e. The van der Waals surface area contributed by atoms with Gasteiger partial charge in [0, 0.05) is 32.1 Å². The Labute approximate surface area is 84.3 Å². The zero-order valence-electron chi connectivity index (χ0n) is 8.47. The molecule has 0 aliphatic carbocycles.